The largest absolute Gasteiger partial charge is 0.351 e. The fourth-order valence-corrected chi connectivity index (χ4v) is 4.68. The van der Waals surface area contributed by atoms with Gasteiger partial charge in [0.25, 0.3) is 5.91 Å². The summed E-state index contributed by atoms with van der Waals surface area (Å²) in [7, 11) is -3.50. The second-order valence-corrected chi connectivity index (χ2v) is 10.4. The highest BCUT2D eigenvalue weighted by molar-refractivity contribution is 7.92. The summed E-state index contributed by atoms with van der Waals surface area (Å²) in [6, 6.07) is 18.9. The minimum atomic E-state index is -3.50. The summed E-state index contributed by atoms with van der Waals surface area (Å²) in [5, 5.41) is 6.24. The van der Waals surface area contributed by atoms with Crippen molar-refractivity contribution in [3.05, 3.63) is 95.9 Å². The maximum atomic E-state index is 12.7. The van der Waals surface area contributed by atoms with Gasteiger partial charge in [-0.3, -0.25) is 9.52 Å². The third-order valence-electron chi connectivity index (χ3n) is 5.80. The fraction of sp³-hybridized carbons (Fsp3) is 0.154. The lowest BCUT2D eigenvalue weighted by Gasteiger charge is -2.12. The van der Waals surface area contributed by atoms with Crippen molar-refractivity contribution in [1.29, 1.82) is 0 Å². The van der Waals surface area contributed by atoms with Crippen molar-refractivity contribution in [2.75, 3.05) is 21.6 Å². The minimum absolute atomic E-state index is 0.0752. The Hall–Kier alpha value is -4.31. The number of nitrogens with one attached hydrogen (secondary N) is 3. The summed E-state index contributed by atoms with van der Waals surface area (Å²) in [6.45, 7) is 0. The van der Waals surface area contributed by atoms with Crippen LogP contribution in [-0.2, 0) is 22.9 Å². The van der Waals surface area contributed by atoms with Crippen molar-refractivity contribution in [2.24, 2.45) is 0 Å². The molecule has 2 heterocycles. The Morgan fingerprint density at radius 2 is 1.61 bits per heavy atom. The van der Waals surface area contributed by atoms with Crippen LogP contribution in [0.1, 0.15) is 21.5 Å². The Labute approximate surface area is 209 Å². The summed E-state index contributed by atoms with van der Waals surface area (Å²) in [4.78, 5) is 25.6. The average molecular weight is 501 g/mol. The zero-order valence-electron chi connectivity index (χ0n) is 19.5. The van der Waals surface area contributed by atoms with Crippen LogP contribution in [-0.4, -0.2) is 41.6 Å². The summed E-state index contributed by atoms with van der Waals surface area (Å²) >= 11 is 0. The van der Waals surface area contributed by atoms with Gasteiger partial charge in [-0.15, -0.1) is 0 Å². The number of nitrogens with zero attached hydrogens (tertiary/aromatic N) is 3. The molecule has 2 aromatic carbocycles. The molecular weight excluding hydrogens is 476 g/mol. The summed E-state index contributed by atoms with van der Waals surface area (Å²) in [6.07, 6.45) is 7.80. The first-order valence-electron chi connectivity index (χ1n) is 11.3. The second-order valence-electron chi connectivity index (χ2n) is 8.65. The molecule has 1 amide bonds. The number of aromatic nitrogens is 3. The second kappa shape index (κ2) is 9.74. The van der Waals surface area contributed by atoms with E-state index in [0.717, 1.165) is 30.2 Å². The first-order chi connectivity index (χ1) is 17.3. The van der Waals surface area contributed by atoms with Crippen LogP contribution in [0, 0.1) is 0 Å². The number of pyridine rings is 1. The number of fused-ring (bicyclic) bond motifs is 1. The van der Waals surface area contributed by atoms with Crippen molar-refractivity contribution in [3.8, 4) is 11.1 Å². The molecule has 1 aliphatic rings. The van der Waals surface area contributed by atoms with Crippen molar-refractivity contribution in [2.45, 2.75) is 18.9 Å². The Balaban J connectivity index is 1.24. The zero-order valence-corrected chi connectivity index (χ0v) is 20.3. The molecule has 3 N–H and O–H groups in total. The van der Waals surface area contributed by atoms with Gasteiger partial charge in [0.15, 0.2) is 0 Å². The molecule has 36 heavy (non-hydrogen) atoms. The summed E-state index contributed by atoms with van der Waals surface area (Å²) < 4.78 is 25.1. The van der Waals surface area contributed by atoms with Gasteiger partial charge >= 0.3 is 0 Å². The first-order valence-corrected chi connectivity index (χ1v) is 13.2. The minimum Gasteiger partial charge on any atom is -0.351 e. The van der Waals surface area contributed by atoms with Gasteiger partial charge in [0.2, 0.25) is 16.0 Å². The van der Waals surface area contributed by atoms with Crippen molar-refractivity contribution < 1.29 is 13.2 Å². The van der Waals surface area contributed by atoms with E-state index in [1.165, 1.54) is 29.5 Å². The molecule has 5 rings (SSSR count). The molecule has 4 aromatic rings. The van der Waals surface area contributed by atoms with Crippen LogP contribution in [0.3, 0.4) is 0 Å². The van der Waals surface area contributed by atoms with Gasteiger partial charge in [-0.25, -0.2) is 23.4 Å². The number of carbonyl (C=O) groups excluding carboxylic acids is 1. The van der Waals surface area contributed by atoms with Gasteiger partial charge in [0, 0.05) is 41.4 Å². The van der Waals surface area contributed by atoms with E-state index < -0.39 is 10.0 Å². The first kappa shape index (κ1) is 23.4. The molecule has 0 saturated carbocycles. The van der Waals surface area contributed by atoms with E-state index in [0.29, 0.717) is 11.6 Å². The highest BCUT2D eigenvalue weighted by Crippen LogP contribution is 2.25. The highest BCUT2D eigenvalue weighted by atomic mass is 32.2. The van der Waals surface area contributed by atoms with Crippen LogP contribution >= 0.6 is 0 Å². The molecule has 1 aliphatic carbocycles. The van der Waals surface area contributed by atoms with Crippen LogP contribution in [0.5, 0.6) is 0 Å². The van der Waals surface area contributed by atoms with Gasteiger partial charge in [-0.05, 0) is 53.8 Å². The smallest absolute Gasteiger partial charge is 0.255 e. The van der Waals surface area contributed by atoms with E-state index in [9.17, 15) is 13.2 Å². The van der Waals surface area contributed by atoms with E-state index >= 15 is 0 Å². The monoisotopic (exact) mass is 500 g/mol. The number of amides is 1. The maximum absolute atomic E-state index is 12.7. The third kappa shape index (κ3) is 5.66. The molecule has 0 radical (unpaired) electrons. The predicted octanol–water partition coefficient (Wildman–Crippen LogP) is 3.74. The molecule has 2 aromatic heterocycles. The number of carbonyl (C=O) groups is 1. The number of hydrogen-bond acceptors (Lipinski definition) is 7. The standard InChI is InChI=1S/C26H24N6O3S/c1-36(34,35)32-24-14-20(9-10-27-24)25(33)30-22-8-4-7-19(11-22)21-15-28-26(29-16-21)31-23-12-17-5-2-3-6-18(17)13-23/h2-11,14-16,23H,12-13H2,1H3,(H,27,32)(H,30,33)(H,28,29,31). The molecule has 0 bridgehead atoms. The SMILES string of the molecule is CS(=O)(=O)Nc1cc(C(=O)Nc2cccc(-c3cnc(NC4Cc5ccccc5C4)nc3)c2)ccn1. The van der Waals surface area contributed by atoms with Crippen LogP contribution < -0.4 is 15.4 Å². The number of anilines is 3. The van der Waals surface area contributed by atoms with Crippen LogP contribution in [0.25, 0.3) is 11.1 Å². The molecule has 10 heteroatoms. The van der Waals surface area contributed by atoms with E-state index in [4.69, 9.17) is 0 Å². The van der Waals surface area contributed by atoms with Crippen LogP contribution in [0.2, 0.25) is 0 Å². The van der Waals surface area contributed by atoms with Gasteiger partial charge in [0.05, 0.1) is 6.26 Å². The average Bonchev–Trinajstić information content (AvgIpc) is 3.26. The third-order valence-corrected chi connectivity index (χ3v) is 6.38. The van der Waals surface area contributed by atoms with Crippen LogP contribution in [0.15, 0.2) is 79.3 Å². The molecule has 0 saturated heterocycles. The number of rotatable bonds is 7. The lowest BCUT2D eigenvalue weighted by molar-refractivity contribution is 0.102. The van der Waals surface area contributed by atoms with Crippen LogP contribution in [0.4, 0.5) is 17.5 Å². The highest BCUT2D eigenvalue weighted by Gasteiger charge is 2.21. The van der Waals surface area contributed by atoms with E-state index in [-0.39, 0.29) is 23.3 Å². The topological polar surface area (TPSA) is 126 Å². The molecule has 9 nitrogen and oxygen atoms in total. The molecule has 0 atom stereocenters. The predicted molar refractivity (Wildman–Crippen MR) is 139 cm³/mol. The molecular formula is C26H24N6O3S. The molecule has 0 fully saturated rings. The van der Waals surface area contributed by atoms with Gasteiger partial charge in [-0.2, -0.15) is 0 Å². The van der Waals surface area contributed by atoms with Gasteiger partial charge in [0.1, 0.15) is 5.82 Å². The fourth-order valence-electron chi connectivity index (χ4n) is 4.19. The molecule has 0 unspecified atom stereocenters. The van der Waals surface area contributed by atoms with E-state index in [1.807, 2.05) is 18.2 Å². The summed E-state index contributed by atoms with van der Waals surface area (Å²) in [5.41, 5.74) is 5.24. The Bertz CT molecular complexity index is 1500. The lowest BCUT2D eigenvalue weighted by atomic mass is 10.1. The normalized spacial score (nSPS) is 13.1. The van der Waals surface area contributed by atoms with Gasteiger partial charge in [-0.1, -0.05) is 36.4 Å². The van der Waals surface area contributed by atoms with E-state index in [1.54, 1.807) is 18.5 Å². The molecule has 0 spiro atoms. The molecule has 0 aliphatic heterocycles. The Morgan fingerprint density at radius 1 is 0.889 bits per heavy atom. The quantitative estimate of drug-likeness (QED) is 0.353. The Morgan fingerprint density at radius 3 is 2.31 bits per heavy atom. The van der Waals surface area contributed by atoms with E-state index in [2.05, 4.69) is 54.6 Å². The number of sulfonamides is 1. The Kier molecular flexibility index (Phi) is 6.34. The lowest BCUT2D eigenvalue weighted by Crippen LogP contribution is -2.20. The van der Waals surface area contributed by atoms with Gasteiger partial charge < -0.3 is 10.6 Å². The number of hydrogen-bond donors (Lipinski definition) is 3. The molecule has 182 valence electrons. The van der Waals surface area contributed by atoms with Crippen molar-refractivity contribution in [1.82, 2.24) is 15.0 Å². The zero-order chi connectivity index (χ0) is 25.1. The maximum Gasteiger partial charge on any atom is 0.255 e. The van der Waals surface area contributed by atoms with Crippen molar-refractivity contribution >= 4 is 33.4 Å². The summed E-state index contributed by atoms with van der Waals surface area (Å²) in [5.74, 6) is 0.267. The van der Waals surface area contributed by atoms with Crippen molar-refractivity contribution in [3.63, 3.8) is 0 Å². The number of benzene rings is 2.